The molecule has 0 amide bonds. The summed E-state index contributed by atoms with van der Waals surface area (Å²) in [6.07, 6.45) is 12.8. The van der Waals surface area contributed by atoms with Crippen molar-refractivity contribution in [1.82, 2.24) is 0 Å². The van der Waals surface area contributed by atoms with E-state index in [2.05, 4.69) is 5.32 Å². The molecule has 2 rings (SSSR count). The molecule has 102 valence electrons. The lowest BCUT2D eigenvalue weighted by molar-refractivity contribution is 0.227. The molecule has 0 N–H and O–H groups in total. The van der Waals surface area contributed by atoms with E-state index >= 15 is 0 Å². The van der Waals surface area contributed by atoms with E-state index < -0.39 is 7.60 Å². The Morgan fingerprint density at radius 2 is 1.84 bits per heavy atom. The molecule has 0 aromatic carbocycles. The molecule has 0 unspecified atom stereocenters. The molecule has 0 radical (unpaired) electrons. The average Bonchev–Trinajstić information content (AvgIpc) is 2.90. The summed E-state index contributed by atoms with van der Waals surface area (Å²) in [5.41, 5.74) is 1.56. The van der Waals surface area contributed by atoms with Crippen LogP contribution in [0.15, 0.2) is 59.2 Å². The highest BCUT2D eigenvalue weighted by Crippen LogP contribution is 2.60. The first kappa shape index (κ1) is 14.1. The van der Waals surface area contributed by atoms with Crippen molar-refractivity contribution in [2.45, 2.75) is 13.8 Å². The van der Waals surface area contributed by atoms with Crippen molar-refractivity contribution in [3.8, 4) is 0 Å². The predicted molar refractivity (Wildman–Crippen MR) is 76.7 cm³/mol. The van der Waals surface area contributed by atoms with Gasteiger partial charge in [0, 0.05) is 0 Å². The molecule has 19 heavy (non-hydrogen) atoms. The predicted octanol–water partition coefficient (Wildman–Crippen LogP) is 4.42. The fourth-order valence-electron chi connectivity index (χ4n) is 1.90. The highest BCUT2D eigenvalue weighted by molar-refractivity contribution is 7.58. The van der Waals surface area contributed by atoms with Crippen molar-refractivity contribution in [3.05, 3.63) is 64.6 Å². The van der Waals surface area contributed by atoms with Gasteiger partial charge in [0.1, 0.15) is 0 Å². The number of hydrogen-bond donors (Lipinski definition) is 0. The summed E-state index contributed by atoms with van der Waals surface area (Å²) in [5.74, 6) is 0. The summed E-state index contributed by atoms with van der Waals surface area (Å²) in [5, 5.41) is 4.86. The van der Waals surface area contributed by atoms with Crippen LogP contribution in [0.2, 0.25) is 0 Å². The first-order valence-electron chi connectivity index (χ1n) is 6.28. The van der Waals surface area contributed by atoms with Crippen molar-refractivity contribution in [2.75, 3.05) is 13.2 Å². The monoisotopic (exact) mass is 278 g/mol. The normalized spacial score (nSPS) is 21.7. The summed E-state index contributed by atoms with van der Waals surface area (Å²) in [6, 6.07) is 0. The largest absolute Gasteiger partial charge is 0.664 e. The van der Waals surface area contributed by atoms with Crippen molar-refractivity contribution < 1.29 is 13.6 Å². The van der Waals surface area contributed by atoms with Gasteiger partial charge < -0.3 is 14.4 Å². The van der Waals surface area contributed by atoms with Crippen molar-refractivity contribution in [2.24, 2.45) is 0 Å². The zero-order chi connectivity index (χ0) is 13.7. The maximum atomic E-state index is 12.8. The van der Waals surface area contributed by atoms with Crippen LogP contribution in [-0.4, -0.2) is 13.2 Å². The summed E-state index contributed by atoms with van der Waals surface area (Å²) in [4.78, 5) is 0. The van der Waals surface area contributed by atoms with Gasteiger partial charge in [0.15, 0.2) is 0 Å². The van der Waals surface area contributed by atoms with Crippen LogP contribution in [0, 0.1) is 0 Å². The first-order valence-corrected chi connectivity index (χ1v) is 7.82. The minimum Gasteiger partial charge on any atom is -0.664 e. The Morgan fingerprint density at radius 3 is 2.42 bits per heavy atom. The molecule has 0 saturated heterocycles. The summed E-state index contributed by atoms with van der Waals surface area (Å²) < 4.78 is 23.6. The third-order valence-electron chi connectivity index (χ3n) is 2.63. The van der Waals surface area contributed by atoms with E-state index in [0.717, 1.165) is 11.3 Å². The lowest BCUT2D eigenvalue weighted by Crippen LogP contribution is -2.00. The summed E-state index contributed by atoms with van der Waals surface area (Å²) in [7, 11) is -3.27. The average molecular weight is 278 g/mol. The molecule has 0 aromatic heterocycles. The Labute approximate surface area is 113 Å². The number of nitrogens with zero attached hydrogens (tertiary/aromatic N) is 1. The van der Waals surface area contributed by atoms with Gasteiger partial charge in [-0.2, -0.15) is 6.20 Å². The fourth-order valence-corrected chi connectivity index (χ4v) is 3.69. The SMILES string of the molecule is CCOP(=O)(OCC)C1=CC=C/C1=C1/C=CC=C[N-]1. The Bertz CT molecular complexity index is 531. The molecule has 1 aliphatic heterocycles. The van der Waals surface area contributed by atoms with E-state index in [-0.39, 0.29) is 0 Å². The maximum absolute atomic E-state index is 12.8. The Kier molecular flexibility index (Phi) is 4.59. The number of allylic oxidation sites excluding steroid dienone is 8. The van der Waals surface area contributed by atoms with E-state index in [4.69, 9.17) is 9.05 Å². The second-order valence-corrected chi connectivity index (χ2v) is 5.87. The zero-order valence-corrected chi connectivity index (χ0v) is 12.0. The topological polar surface area (TPSA) is 49.6 Å². The van der Waals surface area contributed by atoms with Crippen LogP contribution in [0.5, 0.6) is 0 Å². The Morgan fingerprint density at radius 1 is 1.11 bits per heavy atom. The van der Waals surface area contributed by atoms with E-state index in [1.807, 2.05) is 30.4 Å². The van der Waals surface area contributed by atoms with Crippen LogP contribution in [0.25, 0.3) is 5.32 Å². The molecule has 0 atom stereocenters. The third kappa shape index (κ3) is 2.98. The number of rotatable bonds is 5. The second kappa shape index (κ2) is 6.20. The molecule has 0 fully saturated rings. The molecule has 0 spiro atoms. The van der Waals surface area contributed by atoms with Crippen molar-refractivity contribution in [3.63, 3.8) is 0 Å². The molecule has 0 saturated carbocycles. The van der Waals surface area contributed by atoms with Gasteiger partial charge in [-0.3, -0.25) is 4.57 Å². The van der Waals surface area contributed by atoms with Crippen LogP contribution < -0.4 is 0 Å². The van der Waals surface area contributed by atoms with E-state index in [1.165, 1.54) is 0 Å². The minimum absolute atomic E-state index is 0.337. The van der Waals surface area contributed by atoms with Crippen LogP contribution >= 0.6 is 7.60 Å². The van der Waals surface area contributed by atoms with Crippen LogP contribution in [0.1, 0.15) is 13.8 Å². The van der Waals surface area contributed by atoms with E-state index in [1.54, 1.807) is 26.1 Å². The van der Waals surface area contributed by atoms with E-state index in [0.29, 0.717) is 18.5 Å². The molecular formula is C14H17NO3P-. The molecule has 0 bridgehead atoms. The van der Waals surface area contributed by atoms with Crippen LogP contribution in [0.4, 0.5) is 0 Å². The molecule has 2 aliphatic rings. The Balaban J connectivity index is 2.36. The Hall–Kier alpha value is -1.35. The molecule has 0 aromatic rings. The maximum Gasteiger partial charge on any atom is 0.361 e. The molecular weight excluding hydrogens is 261 g/mol. The van der Waals surface area contributed by atoms with Crippen molar-refractivity contribution in [1.29, 1.82) is 0 Å². The quantitative estimate of drug-likeness (QED) is 0.699. The molecule has 5 heteroatoms. The minimum atomic E-state index is -3.27. The molecule has 1 aliphatic carbocycles. The smallest absolute Gasteiger partial charge is 0.361 e. The van der Waals surface area contributed by atoms with Crippen LogP contribution in [-0.2, 0) is 13.6 Å². The second-order valence-electron chi connectivity index (χ2n) is 3.87. The standard InChI is InChI=1S/C14H17NO3P/c1-3-17-19(16,18-4-2)14-10-7-8-12(14)13-9-5-6-11-15-13/h5-11H,3-4H2,1-2H3/q-1/b13-12+. The number of hydrogen-bond acceptors (Lipinski definition) is 3. The fraction of sp³-hybridized carbons (Fsp3) is 0.286. The lowest BCUT2D eigenvalue weighted by atomic mass is 10.2. The summed E-state index contributed by atoms with van der Waals surface area (Å²) in [6.45, 7) is 4.28. The van der Waals surface area contributed by atoms with Crippen molar-refractivity contribution >= 4 is 7.60 Å². The molecule has 1 heterocycles. The third-order valence-corrected chi connectivity index (χ3v) is 4.80. The lowest BCUT2D eigenvalue weighted by Gasteiger charge is -2.26. The van der Waals surface area contributed by atoms with Gasteiger partial charge >= 0.3 is 7.60 Å². The zero-order valence-electron chi connectivity index (χ0n) is 11.1. The van der Waals surface area contributed by atoms with Gasteiger partial charge in [0.05, 0.1) is 18.5 Å². The van der Waals surface area contributed by atoms with Gasteiger partial charge in [0.25, 0.3) is 0 Å². The highest BCUT2D eigenvalue weighted by Gasteiger charge is 2.32. The van der Waals surface area contributed by atoms with Gasteiger partial charge in [0.2, 0.25) is 0 Å². The van der Waals surface area contributed by atoms with Gasteiger partial charge in [-0.25, -0.2) is 0 Å². The van der Waals surface area contributed by atoms with Crippen LogP contribution in [0.3, 0.4) is 0 Å². The molecule has 4 nitrogen and oxygen atoms in total. The van der Waals surface area contributed by atoms with Gasteiger partial charge in [-0.1, -0.05) is 30.4 Å². The van der Waals surface area contributed by atoms with E-state index in [9.17, 15) is 4.57 Å². The first-order chi connectivity index (χ1) is 9.21. The van der Waals surface area contributed by atoms with Gasteiger partial charge in [-0.15, -0.1) is 5.70 Å². The summed E-state index contributed by atoms with van der Waals surface area (Å²) >= 11 is 0. The highest BCUT2D eigenvalue weighted by atomic mass is 31.2. The van der Waals surface area contributed by atoms with Gasteiger partial charge in [-0.05, 0) is 25.5 Å².